The van der Waals surface area contributed by atoms with Crippen molar-refractivity contribution in [2.45, 2.75) is 29.9 Å². The summed E-state index contributed by atoms with van der Waals surface area (Å²) in [7, 11) is 1.90. The fourth-order valence-corrected chi connectivity index (χ4v) is 3.59. The number of amides is 1. The maximum atomic E-state index is 12.4. The monoisotopic (exact) mass is 326 g/mol. The van der Waals surface area contributed by atoms with E-state index in [1.54, 1.807) is 11.8 Å². The first-order chi connectivity index (χ1) is 10.1. The standard InChI is InChI=1S/C16H23ClN2OS/c1-13(21-15-7-5-14(17)6-8-15)16(20)18(2)11-12-19-9-3-4-10-19/h5-8,13H,3-4,9-12H2,1-2H3. The van der Waals surface area contributed by atoms with Crippen molar-refractivity contribution in [3.05, 3.63) is 29.3 Å². The molecule has 0 aromatic heterocycles. The van der Waals surface area contributed by atoms with E-state index in [2.05, 4.69) is 4.90 Å². The second-order valence-electron chi connectivity index (χ2n) is 5.52. The van der Waals surface area contributed by atoms with E-state index in [1.807, 2.05) is 43.1 Å². The first-order valence-electron chi connectivity index (χ1n) is 7.46. The number of hydrogen-bond acceptors (Lipinski definition) is 3. The Kier molecular flexibility index (Phi) is 6.40. The smallest absolute Gasteiger partial charge is 0.235 e. The Bertz CT molecular complexity index is 460. The Balaban J connectivity index is 1.78. The van der Waals surface area contributed by atoms with Crippen molar-refractivity contribution in [2.24, 2.45) is 0 Å². The fraction of sp³-hybridized carbons (Fsp3) is 0.562. The lowest BCUT2D eigenvalue weighted by atomic mass is 10.4. The molecule has 1 aliphatic heterocycles. The second kappa shape index (κ2) is 8.06. The van der Waals surface area contributed by atoms with Crippen LogP contribution < -0.4 is 0 Å². The predicted molar refractivity (Wildman–Crippen MR) is 90.1 cm³/mol. The summed E-state index contributed by atoms with van der Waals surface area (Å²) in [5, 5.41) is 0.649. The zero-order valence-electron chi connectivity index (χ0n) is 12.7. The van der Waals surface area contributed by atoms with Crippen LogP contribution in [0.2, 0.25) is 5.02 Å². The lowest BCUT2D eigenvalue weighted by Gasteiger charge is -2.24. The SMILES string of the molecule is CC(Sc1ccc(Cl)cc1)C(=O)N(C)CCN1CCCC1. The Morgan fingerprint density at radius 1 is 1.33 bits per heavy atom. The molecule has 1 heterocycles. The van der Waals surface area contributed by atoms with Crippen molar-refractivity contribution >= 4 is 29.3 Å². The number of carbonyl (C=O) groups excluding carboxylic acids is 1. The van der Waals surface area contributed by atoms with Crippen molar-refractivity contribution in [3.63, 3.8) is 0 Å². The molecule has 1 aromatic carbocycles. The topological polar surface area (TPSA) is 23.6 Å². The van der Waals surface area contributed by atoms with Gasteiger partial charge in [-0.15, -0.1) is 11.8 Å². The summed E-state index contributed by atoms with van der Waals surface area (Å²) < 4.78 is 0. The van der Waals surface area contributed by atoms with E-state index in [4.69, 9.17) is 11.6 Å². The van der Waals surface area contributed by atoms with Crippen LogP contribution in [0.3, 0.4) is 0 Å². The normalized spacial score (nSPS) is 16.9. The van der Waals surface area contributed by atoms with Crippen molar-refractivity contribution in [3.8, 4) is 0 Å². The van der Waals surface area contributed by atoms with Gasteiger partial charge >= 0.3 is 0 Å². The molecule has 1 aliphatic rings. The Morgan fingerprint density at radius 3 is 2.57 bits per heavy atom. The third-order valence-electron chi connectivity index (χ3n) is 3.80. The van der Waals surface area contributed by atoms with Crippen LogP contribution in [0.5, 0.6) is 0 Å². The highest BCUT2D eigenvalue weighted by atomic mass is 35.5. The molecular weight excluding hydrogens is 304 g/mol. The maximum Gasteiger partial charge on any atom is 0.235 e. The van der Waals surface area contributed by atoms with Gasteiger partial charge in [0.2, 0.25) is 5.91 Å². The van der Waals surface area contributed by atoms with Gasteiger partial charge in [-0.3, -0.25) is 4.79 Å². The number of benzene rings is 1. The zero-order valence-corrected chi connectivity index (χ0v) is 14.3. The van der Waals surface area contributed by atoms with Gasteiger partial charge in [0.1, 0.15) is 0 Å². The zero-order chi connectivity index (χ0) is 15.2. The van der Waals surface area contributed by atoms with E-state index in [1.165, 1.54) is 25.9 Å². The number of halogens is 1. The van der Waals surface area contributed by atoms with E-state index in [0.717, 1.165) is 23.0 Å². The van der Waals surface area contributed by atoms with Crippen molar-refractivity contribution in [1.29, 1.82) is 0 Å². The van der Waals surface area contributed by atoms with E-state index >= 15 is 0 Å². The molecule has 116 valence electrons. The molecular formula is C16H23ClN2OS. The molecule has 1 fully saturated rings. The number of thioether (sulfide) groups is 1. The summed E-state index contributed by atoms with van der Waals surface area (Å²) in [5.74, 6) is 0.189. The fourth-order valence-electron chi connectivity index (χ4n) is 2.49. The highest BCUT2D eigenvalue weighted by molar-refractivity contribution is 8.00. The molecule has 1 saturated heterocycles. The van der Waals surface area contributed by atoms with Gasteiger partial charge in [0, 0.05) is 30.1 Å². The van der Waals surface area contributed by atoms with Gasteiger partial charge in [-0.25, -0.2) is 0 Å². The molecule has 1 aromatic rings. The minimum Gasteiger partial charge on any atom is -0.344 e. The Morgan fingerprint density at radius 2 is 1.95 bits per heavy atom. The number of rotatable bonds is 6. The third-order valence-corrected chi connectivity index (χ3v) is 5.15. The summed E-state index contributed by atoms with van der Waals surface area (Å²) in [5.41, 5.74) is 0. The Hall–Kier alpha value is -0.710. The molecule has 0 aliphatic carbocycles. The van der Waals surface area contributed by atoms with Gasteiger partial charge in [0.05, 0.1) is 5.25 Å². The molecule has 0 spiro atoms. The van der Waals surface area contributed by atoms with Crippen LogP contribution in [0.15, 0.2) is 29.2 Å². The van der Waals surface area contributed by atoms with Crippen LogP contribution in [0.4, 0.5) is 0 Å². The first kappa shape index (κ1) is 16.7. The number of hydrogen-bond donors (Lipinski definition) is 0. The first-order valence-corrected chi connectivity index (χ1v) is 8.71. The van der Waals surface area contributed by atoms with Gasteiger partial charge in [-0.05, 0) is 57.1 Å². The number of carbonyl (C=O) groups is 1. The molecule has 3 nitrogen and oxygen atoms in total. The van der Waals surface area contributed by atoms with Crippen LogP contribution in [-0.4, -0.2) is 54.2 Å². The highest BCUT2D eigenvalue weighted by Gasteiger charge is 2.20. The molecule has 1 unspecified atom stereocenters. The minimum absolute atomic E-state index is 0.0743. The molecule has 5 heteroatoms. The molecule has 21 heavy (non-hydrogen) atoms. The highest BCUT2D eigenvalue weighted by Crippen LogP contribution is 2.25. The second-order valence-corrected chi connectivity index (χ2v) is 7.37. The summed E-state index contributed by atoms with van der Waals surface area (Å²) in [4.78, 5) is 17.7. The van der Waals surface area contributed by atoms with Crippen LogP contribution in [0.25, 0.3) is 0 Å². The maximum absolute atomic E-state index is 12.4. The molecule has 0 bridgehead atoms. The molecule has 0 N–H and O–H groups in total. The van der Waals surface area contributed by atoms with E-state index in [-0.39, 0.29) is 11.2 Å². The van der Waals surface area contributed by atoms with Gasteiger partial charge in [-0.1, -0.05) is 11.6 Å². The quantitative estimate of drug-likeness (QED) is 0.749. The molecule has 2 rings (SSSR count). The van der Waals surface area contributed by atoms with Crippen molar-refractivity contribution < 1.29 is 4.79 Å². The van der Waals surface area contributed by atoms with Gasteiger partial charge in [0.25, 0.3) is 0 Å². The van der Waals surface area contributed by atoms with Crippen LogP contribution >= 0.6 is 23.4 Å². The molecule has 0 radical (unpaired) electrons. The average molecular weight is 327 g/mol. The largest absolute Gasteiger partial charge is 0.344 e. The third kappa shape index (κ3) is 5.20. The van der Waals surface area contributed by atoms with E-state index < -0.39 is 0 Å². The van der Waals surface area contributed by atoms with E-state index in [9.17, 15) is 4.79 Å². The van der Waals surface area contributed by atoms with Gasteiger partial charge in [-0.2, -0.15) is 0 Å². The van der Waals surface area contributed by atoms with Crippen LogP contribution in [0, 0.1) is 0 Å². The van der Waals surface area contributed by atoms with Crippen molar-refractivity contribution in [2.75, 3.05) is 33.2 Å². The summed E-state index contributed by atoms with van der Waals surface area (Å²) in [6, 6.07) is 7.64. The summed E-state index contributed by atoms with van der Waals surface area (Å²) in [6.45, 7) is 6.12. The van der Waals surface area contributed by atoms with Crippen LogP contribution in [-0.2, 0) is 4.79 Å². The molecule has 0 saturated carbocycles. The Labute approximate surface area is 136 Å². The van der Waals surface area contributed by atoms with Gasteiger partial charge < -0.3 is 9.80 Å². The lowest BCUT2D eigenvalue weighted by Crippen LogP contribution is -2.38. The van der Waals surface area contributed by atoms with Crippen LogP contribution in [0.1, 0.15) is 19.8 Å². The van der Waals surface area contributed by atoms with E-state index in [0.29, 0.717) is 0 Å². The van der Waals surface area contributed by atoms with Crippen molar-refractivity contribution in [1.82, 2.24) is 9.80 Å². The minimum atomic E-state index is -0.0743. The number of likely N-dealkylation sites (N-methyl/N-ethyl adjacent to an activating group) is 1. The lowest BCUT2D eigenvalue weighted by molar-refractivity contribution is -0.129. The summed E-state index contributed by atoms with van der Waals surface area (Å²) >= 11 is 7.46. The number of nitrogens with zero attached hydrogens (tertiary/aromatic N) is 2. The average Bonchev–Trinajstić information content (AvgIpc) is 2.99. The summed E-state index contributed by atoms with van der Waals surface area (Å²) in [6.07, 6.45) is 2.58. The molecule has 1 amide bonds. The van der Waals surface area contributed by atoms with Gasteiger partial charge in [0.15, 0.2) is 0 Å². The predicted octanol–water partition coefficient (Wildman–Crippen LogP) is 3.37. The number of likely N-dealkylation sites (tertiary alicyclic amines) is 1. The molecule has 1 atom stereocenters.